The largest absolute Gasteiger partial charge is 0.421 e. The van der Waals surface area contributed by atoms with Gasteiger partial charge in [-0.05, 0) is 37.3 Å². The van der Waals surface area contributed by atoms with Crippen LogP contribution >= 0.6 is 34.8 Å². The first-order chi connectivity index (χ1) is 11.0. The molecule has 23 heavy (non-hydrogen) atoms. The van der Waals surface area contributed by atoms with Crippen molar-refractivity contribution in [3.05, 3.63) is 69.9 Å². The molecule has 1 heterocycles. The lowest BCUT2D eigenvalue weighted by molar-refractivity contribution is -0.128. The standard InChI is InChI=1S/C17H12Cl3NO2/c1-2-12(18)14(20)6-3-7-16(22)23-15-9-8-13(19)11-5-4-10-21-17(11)15/h2-10H,1H3/b7-3+,12-2+,14-6+. The average molecular weight is 369 g/mol. The van der Waals surface area contributed by atoms with Gasteiger partial charge in [0.2, 0.25) is 0 Å². The van der Waals surface area contributed by atoms with Crippen molar-refractivity contribution in [1.29, 1.82) is 0 Å². The van der Waals surface area contributed by atoms with Gasteiger partial charge in [-0.3, -0.25) is 4.98 Å². The number of aromatic nitrogens is 1. The second kappa shape index (κ2) is 8.16. The van der Waals surface area contributed by atoms with Crippen LogP contribution in [0.5, 0.6) is 5.75 Å². The molecule has 0 atom stereocenters. The zero-order valence-corrected chi connectivity index (χ0v) is 14.4. The Morgan fingerprint density at radius 3 is 2.74 bits per heavy atom. The van der Waals surface area contributed by atoms with Crippen LogP contribution in [0.15, 0.2) is 64.8 Å². The molecule has 0 aliphatic rings. The molecule has 0 bridgehead atoms. The maximum Gasteiger partial charge on any atom is 0.336 e. The third kappa shape index (κ3) is 4.58. The van der Waals surface area contributed by atoms with Gasteiger partial charge in [0.15, 0.2) is 5.75 Å². The van der Waals surface area contributed by atoms with E-state index in [1.165, 1.54) is 18.2 Å². The summed E-state index contributed by atoms with van der Waals surface area (Å²) >= 11 is 17.8. The van der Waals surface area contributed by atoms with Gasteiger partial charge in [0.25, 0.3) is 0 Å². The number of nitrogens with zero attached hydrogens (tertiary/aromatic N) is 1. The molecule has 3 nitrogen and oxygen atoms in total. The fourth-order valence-corrected chi connectivity index (χ4v) is 2.23. The van der Waals surface area contributed by atoms with Gasteiger partial charge in [0.05, 0.1) is 15.1 Å². The fourth-order valence-electron chi connectivity index (χ4n) is 1.77. The summed E-state index contributed by atoms with van der Waals surface area (Å²) < 4.78 is 5.28. The number of esters is 1. The van der Waals surface area contributed by atoms with Gasteiger partial charge in [-0.25, -0.2) is 4.79 Å². The number of fused-ring (bicyclic) bond motifs is 1. The first-order valence-corrected chi connectivity index (χ1v) is 7.77. The van der Waals surface area contributed by atoms with E-state index in [0.717, 1.165) is 0 Å². The number of hydrogen-bond donors (Lipinski definition) is 0. The smallest absolute Gasteiger partial charge is 0.336 e. The molecule has 0 unspecified atom stereocenters. The molecule has 0 N–H and O–H groups in total. The lowest BCUT2D eigenvalue weighted by Crippen LogP contribution is -2.04. The van der Waals surface area contributed by atoms with Gasteiger partial charge in [-0.2, -0.15) is 0 Å². The Balaban J connectivity index is 2.17. The molecular formula is C17H12Cl3NO2. The Morgan fingerprint density at radius 1 is 1.22 bits per heavy atom. The Bertz CT molecular complexity index is 826. The number of carbonyl (C=O) groups excluding carboxylic acids is 1. The highest BCUT2D eigenvalue weighted by molar-refractivity contribution is 6.43. The minimum absolute atomic E-state index is 0.330. The van der Waals surface area contributed by atoms with Crippen molar-refractivity contribution in [3.63, 3.8) is 0 Å². The predicted octanol–water partition coefficient (Wildman–Crippen LogP) is 5.62. The highest BCUT2D eigenvalue weighted by atomic mass is 35.5. The number of allylic oxidation sites excluding steroid dienone is 5. The molecule has 6 heteroatoms. The maximum atomic E-state index is 11.9. The van der Waals surface area contributed by atoms with Gasteiger partial charge < -0.3 is 4.74 Å². The van der Waals surface area contributed by atoms with Crippen LogP contribution in [0.1, 0.15) is 6.92 Å². The minimum atomic E-state index is -0.559. The number of benzene rings is 1. The normalized spacial score (nSPS) is 12.9. The minimum Gasteiger partial charge on any atom is -0.421 e. The van der Waals surface area contributed by atoms with E-state index in [4.69, 9.17) is 39.5 Å². The van der Waals surface area contributed by atoms with Crippen molar-refractivity contribution in [2.24, 2.45) is 0 Å². The molecule has 0 aliphatic carbocycles. The molecule has 0 amide bonds. The van der Waals surface area contributed by atoms with Gasteiger partial charge in [-0.1, -0.05) is 47.0 Å². The fraction of sp³-hybridized carbons (Fsp3) is 0.0588. The summed E-state index contributed by atoms with van der Waals surface area (Å²) in [5.74, 6) is -0.224. The zero-order chi connectivity index (χ0) is 16.8. The third-order valence-electron chi connectivity index (χ3n) is 2.85. The van der Waals surface area contributed by atoms with Crippen molar-refractivity contribution in [2.45, 2.75) is 6.92 Å². The molecule has 2 aromatic rings. The second-order valence-corrected chi connectivity index (χ2v) is 5.60. The SMILES string of the molecule is C\C=C(Cl)/C(Cl)=C\C=C\C(=O)Oc1ccc(Cl)c2cccnc12. The Kier molecular flexibility index (Phi) is 6.22. The van der Waals surface area contributed by atoms with E-state index in [1.54, 1.807) is 43.5 Å². The highest BCUT2D eigenvalue weighted by Crippen LogP contribution is 2.29. The number of ether oxygens (including phenoxy) is 1. The summed E-state index contributed by atoms with van der Waals surface area (Å²) in [5.41, 5.74) is 0.521. The van der Waals surface area contributed by atoms with Crippen molar-refractivity contribution >= 4 is 51.7 Å². The Morgan fingerprint density at radius 2 is 2.00 bits per heavy atom. The molecule has 1 aromatic heterocycles. The Hall–Kier alpha value is -1.81. The van der Waals surface area contributed by atoms with E-state index >= 15 is 0 Å². The number of halogens is 3. The number of carbonyl (C=O) groups is 1. The molecule has 1 aromatic carbocycles. The monoisotopic (exact) mass is 367 g/mol. The van der Waals surface area contributed by atoms with E-state index in [9.17, 15) is 4.79 Å². The molecule has 0 saturated carbocycles. The van der Waals surface area contributed by atoms with Crippen LogP contribution in [0.25, 0.3) is 10.9 Å². The molecule has 0 radical (unpaired) electrons. The summed E-state index contributed by atoms with van der Waals surface area (Å²) in [6, 6.07) is 6.82. The van der Waals surface area contributed by atoms with Gasteiger partial charge >= 0.3 is 5.97 Å². The first-order valence-electron chi connectivity index (χ1n) is 6.64. The van der Waals surface area contributed by atoms with E-state index < -0.39 is 5.97 Å². The molecule has 2 rings (SSSR count). The molecule has 0 fully saturated rings. The number of pyridine rings is 1. The summed E-state index contributed by atoms with van der Waals surface area (Å²) in [6.07, 6.45) is 7.46. The van der Waals surface area contributed by atoms with E-state index in [2.05, 4.69) is 4.98 Å². The average Bonchev–Trinajstić information content (AvgIpc) is 2.56. The maximum absolute atomic E-state index is 11.9. The predicted molar refractivity (Wildman–Crippen MR) is 95.1 cm³/mol. The van der Waals surface area contributed by atoms with E-state index in [-0.39, 0.29) is 0 Å². The molecule has 0 aliphatic heterocycles. The van der Waals surface area contributed by atoms with Crippen molar-refractivity contribution in [1.82, 2.24) is 4.98 Å². The number of hydrogen-bond acceptors (Lipinski definition) is 3. The van der Waals surface area contributed by atoms with Crippen LogP contribution in [-0.2, 0) is 4.79 Å². The lowest BCUT2D eigenvalue weighted by Gasteiger charge is -2.06. The third-order valence-corrected chi connectivity index (χ3v) is 4.02. The van der Waals surface area contributed by atoms with Crippen molar-refractivity contribution in [3.8, 4) is 5.75 Å². The highest BCUT2D eigenvalue weighted by Gasteiger charge is 2.09. The molecular weight excluding hydrogens is 357 g/mol. The van der Waals surface area contributed by atoms with Crippen LogP contribution in [0, 0.1) is 0 Å². The van der Waals surface area contributed by atoms with Gasteiger partial charge in [0, 0.05) is 17.7 Å². The first kappa shape index (κ1) is 17.5. The van der Waals surface area contributed by atoms with Crippen molar-refractivity contribution in [2.75, 3.05) is 0 Å². The van der Waals surface area contributed by atoms with E-state index in [1.807, 2.05) is 0 Å². The van der Waals surface area contributed by atoms with E-state index in [0.29, 0.717) is 31.7 Å². The quantitative estimate of drug-likeness (QED) is 0.304. The lowest BCUT2D eigenvalue weighted by atomic mass is 10.2. The van der Waals surface area contributed by atoms with Crippen LogP contribution < -0.4 is 4.74 Å². The summed E-state index contributed by atoms with van der Waals surface area (Å²) in [4.78, 5) is 16.1. The van der Waals surface area contributed by atoms with Crippen LogP contribution in [0.2, 0.25) is 5.02 Å². The zero-order valence-electron chi connectivity index (χ0n) is 12.1. The van der Waals surface area contributed by atoms with Crippen LogP contribution in [0.4, 0.5) is 0 Å². The topological polar surface area (TPSA) is 39.2 Å². The molecule has 0 spiro atoms. The molecule has 118 valence electrons. The van der Waals surface area contributed by atoms with Crippen molar-refractivity contribution < 1.29 is 9.53 Å². The van der Waals surface area contributed by atoms with Gasteiger partial charge in [0.1, 0.15) is 5.52 Å². The van der Waals surface area contributed by atoms with Gasteiger partial charge in [-0.15, -0.1) is 0 Å². The molecule has 0 saturated heterocycles. The van der Waals surface area contributed by atoms with Crippen LogP contribution in [-0.4, -0.2) is 11.0 Å². The second-order valence-electron chi connectivity index (χ2n) is 4.38. The number of rotatable bonds is 4. The Labute approximate surface area is 148 Å². The summed E-state index contributed by atoms with van der Waals surface area (Å²) in [7, 11) is 0. The summed E-state index contributed by atoms with van der Waals surface area (Å²) in [5, 5.41) is 1.99. The van der Waals surface area contributed by atoms with Crippen LogP contribution in [0.3, 0.4) is 0 Å². The summed E-state index contributed by atoms with van der Waals surface area (Å²) in [6.45, 7) is 1.76.